The smallest absolute Gasteiger partial charge is 0.417 e. The molecule has 0 saturated carbocycles. The summed E-state index contributed by atoms with van der Waals surface area (Å²) in [5.41, 5.74) is -8.79. The van der Waals surface area contributed by atoms with Crippen LogP contribution in [0, 0.1) is 11.6 Å². The van der Waals surface area contributed by atoms with Crippen molar-refractivity contribution in [3.8, 4) is 22.5 Å². The van der Waals surface area contributed by atoms with Crippen molar-refractivity contribution < 1.29 is 44.7 Å². The van der Waals surface area contributed by atoms with Gasteiger partial charge in [-0.15, -0.1) is 0 Å². The molecule has 2 aromatic carbocycles. The Kier molecular flexibility index (Phi) is 6.78. The Hall–Kier alpha value is -2.99. The number of benzene rings is 2. The SMILES string of the molecule is COC(=O)c1nc(-c2c(C(F)(F)F)ccc(Cl)c2F)cnc1-c1c(C(F)(F)F)ccc(Cl)c1F. The highest BCUT2D eigenvalue weighted by Crippen LogP contribution is 2.43. The normalized spacial score (nSPS) is 12.1. The predicted molar refractivity (Wildman–Crippen MR) is 104 cm³/mol. The van der Waals surface area contributed by atoms with Gasteiger partial charge < -0.3 is 4.74 Å². The van der Waals surface area contributed by atoms with Crippen molar-refractivity contribution in [1.29, 1.82) is 0 Å². The number of hydrogen-bond acceptors (Lipinski definition) is 4. The molecule has 3 rings (SSSR count). The quantitative estimate of drug-likeness (QED) is 0.265. The lowest BCUT2D eigenvalue weighted by Crippen LogP contribution is -2.15. The van der Waals surface area contributed by atoms with E-state index < -0.39 is 79.3 Å². The van der Waals surface area contributed by atoms with Crippen LogP contribution in [-0.2, 0) is 17.1 Å². The van der Waals surface area contributed by atoms with Crippen LogP contribution in [0.5, 0.6) is 0 Å². The second-order valence-electron chi connectivity index (χ2n) is 6.51. The van der Waals surface area contributed by atoms with E-state index in [0.717, 1.165) is 7.11 Å². The van der Waals surface area contributed by atoms with E-state index in [2.05, 4.69) is 14.7 Å². The van der Waals surface area contributed by atoms with Crippen molar-refractivity contribution in [2.45, 2.75) is 12.4 Å². The Morgan fingerprint density at radius 3 is 1.79 bits per heavy atom. The lowest BCUT2D eigenvalue weighted by Gasteiger charge is -2.17. The maximum atomic E-state index is 14.7. The summed E-state index contributed by atoms with van der Waals surface area (Å²) in [4.78, 5) is 19.4. The summed E-state index contributed by atoms with van der Waals surface area (Å²) in [6, 6.07) is 2.09. The van der Waals surface area contributed by atoms with Crippen molar-refractivity contribution in [2.75, 3.05) is 7.11 Å². The first kappa shape index (κ1) is 25.6. The second kappa shape index (κ2) is 8.99. The zero-order valence-corrected chi connectivity index (χ0v) is 17.9. The zero-order valence-electron chi connectivity index (χ0n) is 16.4. The highest BCUT2D eigenvalue weighted by atomic mass is 35.5. The Morgan fingerprint density at radius 2 is 1.32 bits per heavy atom. The minimum atomic E-state index is -5.16. The highest BCUT2D eigenvalue weighted by molar-refractivity contribution is 6.31. The number of ether oxygens (including phenoxy) is 1. The molecular weight excluding hydrogens is 523 g/mol. The number of alkyl halides is 6. The molecule has 0 atom stereocenters. The van der Waals surface area contributed by atoms with Crippen LogP contribution < -0.4 is 0 Å². The molecule has 0 fully saturated rings. The molecule has 0 saturated heterocycles. The standard InChI is InChI=1S/C20H8Cl2F8N2O2/c1-34-18(33)17-16(13-8(20(28,29)30)3-5-10(22)15(13)24)31-6-11(32-17)12-7(19(25,26)27)2-4-9(21)14(12)23/h2-6H,1H3. The Labute approximate surface area is 195 Å². The fourth-order valence-corrected chi connectivity index (χ4v) is 3.30. The number of halogens is 10. The number of nitrogens with zero attached hydrogens (tertiary/aromatic N) is 2. The molecule has 0 aliphatic heterocycles. The van der Waals surface area contributed by atoms with E-state index >= 15 is 0 Å². The van der Waals surface area contributed by atoms with Crippen molar-refractivity contribution in [2.24, 2.45) is 0 Å². The molecule has 0 N–H and O–H groups in total. The Balaban J connectivity index is 2.41. The predicted octanol–water partition coefficient (Wildman–Crippen LogP) is 7.22. The summed E-state index contributed by atoms with van der Waals surface area (Å²) in [5, 5.41) is -1.52. The largest absolute Gasteiger partial charge is 0.464 e. The molecule has 0 radical (unpaired) electrons. The van der Waals surface area contributed by atoms with E-state index in [1.54, 1.807) is 0 Å². The molecular formula is C20H8Cl2F8N2O2. The maximum Gasteiger partial charge on any atom is 0.417 e. The van der Waals surface area contributed by atoms with Gasteiger partial charge in [0.25, 0.3) is 0 Å². The Morgan fingerprint density at radius 1 is 0.853 bits per heavy atom. The summed E-state index contributed by atoms with van der Waals surface area (Å²) in [6.45, 7) is 0. The van der Waals surface area contributed by atoms with Gasteiger partial charge in [0, 0.05) is 0 Å². The first-order valence-electron chi connectivity index (χ1n) is 8.75. The van der Waals surface area contributed by atoms with Gasteiger partial charge in [-0.2, -0.15) is 26.3 Å². The third-order valence-electron chi connectivity index (χ3n) is 4.44. The molecule has 1 aromatic heterocycles. The minimum Gasteiger partial charge on any atom is -0.464 e. The average molecular weight is 531 g/mol. The molecule has 0 aliphatic carbocycles. The van der Waals surface area contributed by atoms with Crippen LogP contribution >= 0.6 is 23.2 Å². The van der Waals surface area contributed by atoms with Crippen molar-refractivity contribution in [1.82, 2.24) is 9.97 Å². The topological polar surface area (TPSA) is 52.1 Å². The van der Waals surface area contributed by atoms with Gasteiger partial charge in [0.1, 0.15) is 5.69 Å². The van der Waals surface area contributed by atoms with E-state index in [1.165, 1.54) is 0 Å². The zero-order chi connectivity index (χ0) is 25.6. The molecule has 0 bridgehead atoms. The van der Waals surface area contributed by atoms with Crippen LogP contribution in [0.15, 0.2) is 30.5 Å². The van der Waals surface area contributed by atoms with E-state index in [1.807, 2.05) is 0 Å². The lowest BCUT2D eigenvalue weighted by atomic mass is 9.99. The third kappa shape index (κ3) is 4.64. The number of carbonyl (C=O) groups excluding carboxylic acids is 1. The van der Waals surface area contributed by atoms with E-state index in [4.69, 9.17) is 23.2 Å². The van der Waals surface area contributed by atoms with Crippen molar-refractivity contribution in [3.63, 3.8) is 0 Å². The molecule has 0 amide bonds. The fraction of sp³-hybridized carbons (Fsp3) is 0.150. The van der Waals surface area contributed by atoms with Crippen LogP contribution in [0.1, 0.15) is 21.6 Å². The van der Waals surface area contributed by atoms with Gasteiger partial charge in [0.2, 0.25) is 0 Å². The molecule has 4 nitrogen and oxygen atoms in total. The fourth-order valence-electron chi connectivity index (χ4n) is 2.99. The van der Waals surface area contributed by atoms with Crippen LogP contribution in [0.4, 0.5) is 35.1 Å². The first-order chi connectivity index (χ1) is 15.7. The van der Waals surface area contributed by atoms with Gasteiger partial charge in [-0.3, -0.25) is 4.98 Å². The molecule has 1 heterocycles. The molecule has 0 spiro atoms. The molecule has 14 heteroatoms. The van der Waals surface area contributed by atoms with Crippen LogP contribution in [-0.4, -0.2) is 23.0 Å². The second-order valence-corrected chi connectivity index (χ2v) is 7.32. The summed E-state index contributed by atoms with van der Waals surface area (Å²) >= 11 is 11.2. The van der Waals surface area contributed by atoms with Crippen molar-refractivity contribution >= 4 is 29.2 Å². The average Bonchev–Trinajstić information content (AvgIpc) is 2.74. The summed E-state index contributed by atoms with van der Waals surface area (Å²) in [7, 11) is 0.778. The summed E-state index contributed by atoms with van der Waals surface area (Å²) < 4.78 is 115. The van der Waals surface area contributed by atoms with E-state index in [-0.39, 0.29) is 0 Å². The van der Waals surface area contributed by atoms with E-state index in [9.17, 15) is 39.9 Å². The van der Waals surface area contributed by atoms with Gasteiger partial charge in [0.15, 0.2) is 17.3 Å². The number of hydrogen-bond donors (Lipinski definition) is 0. The van der Waals surface area contributed by atoms with Gasteiger partial charge in [-0.1, -0.05) is 23.2 Å². The number of methoxy groups -OCH3 is 1. The number of carbonyl (C=O) groups is 1. The van der Waals surface area contributed by atoms with Crippen LogP contribution in [0.2, 0.25) is 10.0 Å². The summed E-state index contributed by atoms with van der Waals surface area (Å²) in [6.07, 6.45) is -9.83. The molecule has 180 valence electrons. The van der Waals surface area contributed by atoms with Crippen molar-refractivity contribution in [3.05, 3.63) is 69.0 Å². The van der Waals surface area contributed by atoms with Crippen LogP contribution in [0.3, 0.4) is 0 Å². The van der Waals surface area contributed by atoms with Gasteiger partial charge in [-0.25, -0.2) is 18.6 Å². The lowest BCUT2D eigenvalue weighted by molar-refractivity contribution is -0.138. The number of esters is 1. The van der Waals surface area contributed by atoms with Crippen LogP contribution in [0.25, 0.3) is 22.5 Å². The first-order valence-corrected chi connectivity index (χ1v) is 9.50. The molecule has 34 heavy (non-hydrogen) atoms. The molecule has 0 unspecified atom stereocenters. The monoisotopic (exact) mass is 530 g/mol. The summed E-state index contributed by atoms with van der Waals surface area (Å²) in [5.74, 6) is -4.71. The van der Waals surface area contributed by atoms with Gasteiger partial charge in [-0.05, 0) is 24.3 Å². The Bertz CT molecular complexity index is 1290. The molecule has 0 aliphatic rings. The maximum absolute atomic E-state index is 14.7. The minimum absolute atomic E-state index is 0.412. The van der Waals surface area contributed by atoms with Gasteiger partial charge in [0.05, 0.1) is 51.3 Å². The molecule has 3 aromatic rings. The third-order valence-corrected chi connectivity index (χ3v) is 5.03. The van der Waals surface area contributed by atoms with E-state index in [0.29, 0.717) is 30.5 Å². The highest BCUT2D eigenvalue weighted by Gasteiger charge is 2.39. The number of rotatable bonds is 3. The number of aromatic nitrogens is 2. The van der Waals surface area contributed by atoms with Gasteiger partial charge >= 0.3 is 18.3 Å².